The summed E-state index contributed by atoms with van der Waals surface area (Å²) in [6.45, 7) is 0. The van der Waals surface area contributed by atoms with Crippen LogP contribution in [0.2, 0.25) is 0 Å². The predicted octanol–water partition coefficient (Wildman–Crippen LogP) is 1.11. The molecule has 6 nitrogen and oxygen atoms in total. The summed E-state index contributed by atoms with van der Waals surface area (Å²) in [5.41, 5.74) is 0.102. The maximum atomic E-state index is 11.1. The average Bonchev–Trinajstić information content (AvgIpc) is 2.28. The van der Waals surface area contributed by atoms with Crippen LogP contribution < -0.4 is 5.32 Å². The topological polar surface area (TPSA) is 114 Å². The number of amides is 1. The summed E-state index contributed by atoms with van der Waals surface area (Å²) in [4.78, 5) is 21.8. The van der Waals surface area contributed by atoms with Crippen LogP contribution >= 0.6 is 0 Å². The van der Waals surface area contributed by atoms with Crippen molar-refractivity contribution < 1.29 is 14.7 Å². The van der Waals surface area contributed by atoms with E-state index in [0.717, 1.165) is 0 Å². The minimum absolute atomic E-state index is 0.0488. The summed E-state index contributed by atoms with van der Waals surface area (Å²) in [6, 6.07) is 7.23. The maximum Gasteiger partial charge on any atom is 0.337 e. The normalized spacial score (nSPS) is 8.82. The summed E-state index contributed by atoms with van der Waals surface area (Å²) in [5, 5.41) is 28.2. The first-order valence-corrected chi connectivity index (χ1v) is 4.52. The van der Waals surface area contributed by atoms with Crippen LogP contribution in [0.15, 0.2) is 18.2 Å². The fourth-order valence-corrected chi connectivity index (χ4v) is 1.18. The first-order valence-electron chi connectivity index (χ1n) is 4.52. The molecule has 1 rings (SSSR count). The summed E-state index contributed by atoms with van der Waals surface area (Å²) in [5.74, 6) is -1.73. The van der Waals surface area contributed by atoms with Crippen LogP contribution in [0.4, 0.5) is 5.69 Å². The number of anilines is 1. The minimum atomic E-state index is -1.21. The molecule has 84 valence electrons. The second-order valence-electron chi connectivity index (χ2n) is 3.06. The number of hydrogen-bond donors (Lipinski definition) is 2. The zero-order valence-electron chi connectivity index (χ0n) is 8.60. The Balaban J connectivity index is 3.00. The monoisotopic (exact) mass is 229 g/mol. The average molecular weight is 229 g/mol. The largest absolute Gasteiger partial charge is 0.478 e. The van der Waals surface area contributed by atoms with E-state index < -0.39 is 11.9 Å². The lowest BCUT2D eigenvalue weighted by molar-refractivity contribution is -0.115. The quantitative estimate of drug-likeness (QED) is 0.805. The van der Waals surface area contributed by atoms with Crippen LogP contribution in [0, 0.1) is 22.7 Å². The SMILES string of the molecule is N#CCC(=O)Nc1ccc(C(=O)O)c(C#N)c1. The van der Waals surface area contributed by atoms with Gasteiger partial charge < -0.3 is 10.4 Å². The molecule has 0 fully saturated rings. The zero-order valence-corrected chi connectivity index (χ0v) is 8.60. The van der Waals surface area contributed by atoms with Crippen molar-refractivity contribution in [1.82, 2.24) is 0 Å². The molecule has 0 unspecified atom stereocenters. The van der Waals surface area contributed by atoms with Gasteiger partial charge in [-0.3, -0.25) is 4.79 Å². The molecule has 2 N–H and O–H groups in total. The number of carboxylic acids is 1. The lowest BCUT2D eigenvalue weighted by Crippen LogP contribution is -2.11. The number of nitrogens with one attached hydrogen (secondary N) is 1. The molecule has 1 aromatic carbocycles. The number of rotatable bonds is 3. The first-order chi connectivity index (χ1) is 8.08. The van der Waals surface area contributed by atoms with Gasteiger partial charge in [0.25, 0.3) is 0 Å². The standard InChI is InChI=1S/C11H7N3O3/c12-4-3-10(15)14-8-1-2-9(11(16)17)7(5-8)6-13/h1-2,5H,3H2,(H,14,15)(H,16,17). The van der Waals surface area contributed by atoms with Crippen LogP contribution in [0.1, 0.15) is 22.3 Å². The molecule has 0 aliphatic carbocycles. The van der Waals surface area contributed by atoms with E-state index in [1.165, 1.54) is 18.2 Å². The highest BCUT2D eigenvalue weighted by molar-refractivity contribution is 5.94. The smallest absolute Gasteiger partial charge is 0.337 e. The van der Waals surface area contributed by atoms with Crippen molar-refractivity contribution in [3.8, 4) is 12.1 Å². The van der Waals surface area contributed by atoms with E-state index in [2.05, 4.69) is 5.32 Å². The van der Waals surface area contributed by atoms with Crippen LogP contribution in [-0.2, 0) is 4.79 Å². The van der Waals surface area contributed by atoms with Gasteiger partial charge in [0.15, 0.2) is 0 Å². The molecule has 0 saturated heterocycles. The van der Waals surface area contributed by atoms with Gasteiger partial charge in [-0.05, 0) is 18.2 Å². The number of hydrogen-bond acceptors (Lipinski definition) is 4. The third-order valence-corrected chi connectivity index (χ3v) is 1.89. The van der Waals surface area contributed by atoms with Crippen LogP contribution in [-0.4, -0.2) is 17.0 Å². The molecular weight excluding hydrogens is 222 g/mol. The number of carboxylic acid groups (broad SMARTS) is 1. The van der Waals surface area contributed by atoms with Gasteiger partial charge in [0.05, 0.1) is 17.2 Å². The summed E-state index contributed by atoms with van der Waals surface area (Å²) >= 11 is 0. The van der Waals surface area contributed by atoms with Gasteiger partial charge >= 0.3 is 5.97 Å². The van der Waals surface area contributed by atoms with Crippen molar-refractivity contribution in [2.75, 3.05) is 5.32 Å². The lowest BCUT2D eigenvalue weighted by atomic mass is 10.1. The molecule has 0 aliphatic heterocycles. The second-order valence-corrected chi connectivity index (χ2v) is 3.06. The Morgan fingerprint density at radius 3 is 2.59 bits per heavy atom. The highest BCUT2D eigenvalue weighted by atomic mass is 16.4. The van der Waals surface area contributed by atoms with E-state index in [1.54, 1.807) is 12.1 Å². The Morgan fingerprint density at radius 2 is 2.06 bits per heavy atom. The van der Waals surface area contributed by atoms with Gasteiger partial charge in [-0.25, -0.2) is 4.79 Å². The molecule has 0 aromatic heterocycles. The molecule has 1 aromatic rings. The van der Waals surface area contributed by atoms with E-state index >= 15 is 0 Å². The van der Waals surface area contributed by atoms with Crippen molar-refractivity contribution >= 4 is 17.6 Å². The van der Waals surface area contributed by atoms with Crippen LogP contribution in [0.3, 0.4) is 0 Å². The van der Waals surface area contributed by atoms with Gasteiger partial charge in [-0.1, -0.05) is 0 Å². The molecule has 0 aliphatic rings. The van der Waals surface area contributed by atoms with Gasteiger partial charge in [-0.15, -0.1) is 0 Å². The van der Waals surface area contributed by atoms with E-state index in [-0.39, 0.29) is 23.2 Å². The predicted molar refractivity (Wildman–Crippen MR) is 57.0 cm³/mol. The Bertz CT molecular complexity index is 552. The van der Waals surface area contributed by atoms with Gasteiger partial charge in [0.2, 0.25) is 5.91 Å². The van der Waals surface area contributed by atoms with Crippen molar-refractivity contribution in [3.63, 3.8) is 0 Å². The highest BCUT2D eigenvalue weighted by Crippen LogP contribution is 2.15. The second kappa shape index (κ2) is 5.29. The molecule has 0 bridgehead atoms. The Morgan fingerprint density at radius 1 is 1.35 bits per heavy atom. The van der Waals surface area contributed by atoms with Crippen molar-refractivity contribution in [2.45, 2.75) is 6.42 Å². The Kier molecular flexibility index (Phi) is 3.80. The van der Waals surface area contributed by atoms with Crippen molar-refractivity contribution in [1.29, 1.82) is 10.5 Å². The molecule has 6 heteroatoms. The van der Waals surface area contributed by atoms with Gasteiger partial charge in [0.1, 0.15) is 12.5 Å². The minimum Gasteiger partial charge on any atom is -0.478 e. The number of aromatic carboxylic acids is 1. The van der Waals surface area contributed by atoms with E-state index in [9.17, 15) is 9.59 Å². The Hall–Kier alpha value is -2.86. The van der Waals surface area contributed by atoms with E-state index in [1.807, 2.05) is 0 Å². The molecule has 1 amide bonds. The number of nitriles is 2. The first kappa shape index (κ1) is 12.2. The summed E-state index contributed by atoms with van der Waals surface area (Å²) < 4.78 is 0. The Labute approximate surface area is 96.7 Å². The van der Waals surface area contributed by atoms with E-state index in [0.29, 0.717) is 0 Å². The molecule has 0 saturated carbocycles. The van der Waals surface area contributed by atoms with Crippen LogP contribution in [0.25, 0.3) is 0 Å². The summed E-state index contributed by atoms with van der Waals surface area (Å²) in [7, 11) is 0. The number of benzene rings is 1. The maximum absolute atomic E-state index is 11.1. The van der Waals surface area contributed by atoms with Gasteiger partial charge in [-0.2, -0.15) is 10.5 Å². The molecule has 0 heterocycles. The molecule has 0 atom stereocenters. The molecular formula is C11H7N3O3. The third kappa shape index (κ3) is 3.05. The molecule has 17 heavy (non-hydrogen) atoms. The van der Waals surface area contributed by atoms with E-state index in [4.69, 9.17) is 15.6 Å². The fourth-order valence-electron chi connectivity index (χ4n) is 1.18. The van der Waals surface area contributed by atoms with Gasteiger partial charge in [0, 0.05) is 5.69 Å². The molecule has 0 radical (unpaired) electrons. The third-order valence-electron chi connectivity index (χ3n) is 1.89. The highest BCUT2D eigenvalue weighted by Gasteiger charge is 2.11. The van der Waals surface area contributed by atoms with Crippen molar-refractivity contribution in [2.24, 2.45) is 0 Å². The number of carbonyl (C=O) groups is 2. The summed E-state index contributed by atoms with van der Waals surface area (Å²) in [6.07, 6.45) is -0.303. The number of carbonyl (C=O) groups excluding carboxylic acids is 1. The van der Waals surface area contributed by atoms with Crippen molar-refractivity contribution in [3.05, 3.63) is 29.3 Å². The van der Waals surface area contributed by atoms with Crippen LogP contribution in [0.5, 0.6) is 0 Å². The molecule has 0 spiro atoms. The fraction of sp³-hybridized carbons (Fsp3) is 0.0909. The number of nitrogens with zero attached hydrogens (tertiary/aromatic N) is 2. The zero-order chi connectivity index (χ0) is 12.8. The lowest BCUT2D eigenvalue weighted by Gasteiger charge is -2.04.